The lowest BCUT2D eigenvalue weighted by atomic mass is 10.2. The Bertz CT molecular complexity index is 1290. The fourth-order valence-corrected chi connectivity index (χ4v) is 3.05. The summed E-state index contributed by atoms with van der Waals surface area (Å²) >= 11 is 5.64. The normalized spacial score (nSPS) is 10.6. The number of hydrogen-bond acceptors (Lipinski definition) is 6. The van der Waals surface area contributed by atoms with Gasteiger partial charge in [0.25, 0.3) is 0 Å². The van der Waals surface area contributed by atoms with Crippen LogP contribution in [0.5, 0.6) is 11.5 Å². The van der Waals surface area contributed by atoms with Crippen LogP contribution < -0.4 is 20.7 Å². The van der Waals surface area contributed by atoms with E-state index in [4.69, 9.17) is 21.4 Å². The third kappa shape index (κ3) is 5.85. The summed E-state index contributed by atoms with van der Waals surface area (Å²) in [5.41, 5.74) is 2.16. The van der Waals surface area contributed by atoms with E-state index in [1.54, 1.807) is 48.7 Å². The van der Waals surface area contributed by atoms with Gasteiger partial charge in [0.1, 0.15) is 23.1 Å². The van der Waals surface area contributed by atoms with Crippen LogP contribution in [0.1, 0.15) is 0 Å². The summed E-state index contributed by atoms with van der Waals surface area (Å²) in [6.07, 6.45) is 1.60. The average molecular weight is 468 g/mol. The molecule has 0 aliphatic heterocycles. The van der Waals surface area contributed by atoms with Gasteiger partial charge in [-0.3, -0.25) is 4.98 Å². The van der Waals surface area contributed by atoms with Gasteiger partial charge in [0.2, 0.25) is 0 Å². The summed E-state index contributed by atoms with van der Waals surface area (Å²) in [7, 11) is 0. The van der Waals surface area contributed by atoms with Crippen molar-refractivity contribution in [3.05, 3.63) is 77.7 Å². The number of halogens is 2. The predicted molar refractivity (Wildman–Crippen MR) is 126 cm³/mol. The number of rotatable bonds is 7. The van der Waals surface area contributed by atoms with Gasteiger partial charge in [-0.1, -0.05) is 11.6 Å². The molecule has 2 amide bonds. The number of nitrogens with one attached hydrogen (secondary N) is 3. The van der Waals surface area contributed by atoms with Crippen LogP contribution in [-0.4, -0.2) is 34.3 Å². The Morgan fingerprint density at radius 3 is 2.45 bits per heavy atom. The van der Waals surface area contributed by atoms with E-state index in [-0.39, 0.29) is 17.3 Å². The summed E-state index contributed by atoms with van der Waals surface area (Å²) in [6.45, 7) is 0.375. The monoisotopic (exact) mass is 467 g/mol. The fraction of sp³-hybridized carbons (Fsp3) is 0.0870. The average Bonchev–Trinajstić information content (AvgIpc) is 2.81. The molecular formula is C23H19ClFN5O3. The van der Waals surface area contributed by atoms with Crippen LogP contribution in [0.3, 0.4) is 0 Å². The van der Waals surface area contributed by atoms with Crippen molar-refractivity contribution >= 4 is 45.9 Å². The maximum Gasteiger partial charge on any atom is 0.323 e. The first kappa shape index (κ1) is 22.3. The van der Waals surface area contributed by atoms with E-state index in [1.807, 2.05) is 0 Å². The van der Waals surface area contributed by atoms with Gasteiger partial charge >= 0.3 is 6.03 Å². The number of fused-ring (bicyclic) bond motifs is 1. The van der Waals surface area contributed by atoms with E-state index >= 15 is 0 Å². The van der Waals surface area contributed by atoms with Gasteiger partial charge in [-0.25, -0.2) is 14.2 Å². The molecule has 0 saturated carbocycles. The van der Waals surface area contributed by atoms with Crippen molar-refractivity contribution in [1.29, 1.82) is 0 Å². The van der Waals surface area contributed by atoms with Crippen molar-refractivity contribution in [2.75, 3.05) is 29.1 Å². The standard InChI is InChI=1S/C23H19ClFN5O3/c24-18-7-3-15(11-19(18)25)29-23(32)28-14-1-4-16(5-2-14)33-17-6-8-20-21(12-17)30-22(13-27-20)26-9-10-31/h1-8,11-13,31H,9-10H2,(H,26,30)(H2,28,29,32). The van der Waals surface area contributed by atoms with Crippen LogP contribution in [0.4, 0.5) is 26.4 Å². The quantitative estimate of drug-likeness (QED) is 0.295. The van der Waals surface area contributed by atoms with Crippen molar-refractivity contribution in [2.24, 2.45) is 0 Å². The number of carbonyl (C=O) groups excluding carboxylic acids is 1. The van der Waals surface area contributed by atoms with Crippen molar-refractivity contribution < 1.29 is 19.0 Å². The molecular weight excluding hydrogens is 449 g/mol. The van der Waals surface area contributed by atoms with Crippen molar-refractivity contribution in [1.82, 2.24) is 9.97 Å². The Morgan fingerprint density at radius 1 is 0.970 bits per heavy atom. The summed E-state index contributed by atoms with van der Waals surface area (Å²) in [4.78, 5) is 20.9. The van der Waals surface area contributed by atoms with Crippen LogP contribution in [0.15, 0.2) is 66.9 Å². The van der Waals surface area contributed by atoms with E-state index in [9.17, 15) is 9.18 Å². The first-order valence-electron chi connectivity index (χ1n) is 9.93. The Hall–Kier alpha value is -3.95. The van der Waals surface area contributed by atoms with Gasteiger partial charge in [-0.05, 0) is 54.6 Å². The van der Waals surface area contributed by atoms with Crippen molar-refractivity contribution in [3.63, 3.8) is 0 Å². The van der Waals surface area contributed by atoms with Crippen LogP contribution in [0.2, 0.25) is 5.02 Å². The number of nitrogens with zero attached hydrogens (tertiary/aromatic N) is 2. The third-order valence-corrected chi connectivity index (χ3v) is 4.76. The van der Waals surface area contributed by atoms with Gasteiger partial charge in [0.05, 0.1) is 28.9 Å². The highest BCUT2D eigenvalue weighted by atomic mass is 35.5. The Labute approximate surface area is 193 Å². The zero-order valence-electron chi connectivity index (χ0n) is 17.2. The lowest BCUT2D eigenvalue weighted by molar-refractivity contribution is 0.262. The number of aromatic nitrogens is 2. The molecule has 168 valence electrons. The van der Waals surface area contributed by atoms with E-state index in [0.717, 1.165) is 6.07 Å². The fourth-order valence-electron chi connectivity index (χ4n) is 2.93. The summed E-state index contributed by atoms with van der Waals surface area (Å²) in [5.74, 6) is 1.07. The molecule has 10 heteroatoms. The maximum absolute atomic E-state index is 13.5. The molecule has 0 bridgehead atoms. The molecule has 0 spiro atoms. The van der Waals surface area contributed by atoms with Crippen molar-refractivity contribution in [3.8, 4) is 11.5 Å². The first-order valence-corrected chi connectivity index (χ1v) is 10.3. The topological polar surface area (TPSA) is 108 Å². The minimum atomic E-state index is -0.617. The van der Waals surface area contributed by atoms with Crippen LogP contribution in [0.25, 0.3) is 11.0 Å². The maximum atomic E-state index is 13.5. The molecule has 0 atom stereocenters. The van der Waals surface area contributed by atoms with E-state index in [1.165, 1.54) is 12.1 Å². The molecule has 0 aliphatic carbocycles. The number of anilines is 3. The molecule has 0 unspecified atom stereocenters. The number of hydrogen-bond donors (Lipinski definition) is 4. The molecule has 0 aliphatic rings. The molecule has 1 heterocycles. The predicted octanol–water partition coefficient (Wildman–Crippen LogP) is 5.26. The summed E-state index contributed by atoms with van der Waals surface area (Å²) < 4.78 is 19.4. The molecule has 0 fully saturated rings. The smallest absolute Gasteiger partial charge is 0.323 e. The SMILES string of the molecule is O=C(Nc1ccc(Oc2ccc3ncc(NCCO)nc3c2)cc1)Nc1ccc(Cl)c(F)c1. The number of aliphatic hydroxyl groups is 1. The molecule has 33 heavy (non-hydrogen) atoms. The number of carbonyl (C=O) groups is 1. The van der Waals surface area contributed by atoms with E-state index in [0.29, 0.717) is 40.6 Å². The first-order chi connectivity index (χ1) is 16.0. The molecule has 0 saturated heterocycles. The van der Waals surface area contributed by atoms with Gasteiger partial charge in [-0.2, -0.15) is 0 Å². The number of urea groups is 1. The Morgan fingerprint density at radius 2 is 1.70 bits per heavy atom. The highest BCUT2D eigenvalue weighted by Gasteiger charge is 2.07. The molecule has 1 aromatic heterocycles. The van der Waals surface area contributed by atoms with Gasteiger partial charge < -0.3 is 25.8 Å². The molecule has 4 rings (SSSR count). The van der Waals surface area contributed by atoms with Crippen LogP contribution in [0, 0.1) is 5.82 Å². The molecule has 3 aromatic carbocycles. The number of amides is 2. The van der Waals surface area contributed by atoms with Gasteiger partial charge in [-0.15, -0.1) is 0 Å². The van der Waals surface area contributed by atoms with Crippen molar-refractivity contribution in [2.45, 2.75) is 0 Å². The highest BCUT2D eigenvalue weighted by molar-refractivity contribution is 6.30. The zero-order chi connectivity index (χ0) is 23.2. The minimum absolute atomic E-state index is 0.00490. The number of ether oxygens (including phenoxy) is 1. The second kappa shape index (κ2) is 10.1. The van der Waals surface area contributed by atoms with Crippen LogP contribution in [-0.2, 0) is 0 Å². The molecule has 0 radical (unpaired) electrons. The summed E-state index contributed by atoms with van der Waals surface area (Å²) in [6, 6.07) is 15.6. The molecule has 4 aromatic rings. The second-order valence-electron chi connectivity index (χ2n) is 6.89. The second-order valence-corrected chi connectivity index (χ2v) is 7.30. The lowest BCUT2D eigenvalue weighted by Gasteiger charge is -2.10. The molecule has 4 N–H and O–H groups in total. The highest BCUT2D eigenvalue weighted by Crippen LogP contribution is 2.26. The number of benzene rings is 3. The minimum Gasteiger partial charge on any atom is -0.457 e. The molecule has 8 nitrogen and oxygen atoms in total. The third-order valence-electron chi connectivity index (χ3n) is 4.46. The number of aliphatic hydroxyl groups excluding tert-OH is 1. The van der Waals surface area contributed by atoms with E-state index in [2.05, 4.69) is 25.9 Å². The zero-order valence-corrected chi connectivity index (χ0v) is 17.9. The summed E-state index contributed by atoms with van der Waals surface area (Å²) in [5, 5.41) is 17.1. The van der Waals surface area contributed by atoms with Gasteiger partial charge in [0.15, 0.2) is 0 Å². The Kier molecular flexibility index (Phi) is 6.82. The van der Waals surface area contributed by atoms with Crippen LogP contribution >= 0.6 is 11.6 Å². The largest absolute Gasteiger partial charge is 0.457 e. The Balaban J connectivity index is 1.39. The lowest BCUT2D eigenvalue weighted by Crippen LogP contribution is -2.19. The van der Waals surface area contributed by atoms with E-state index < -0.39 is 11.8 Å². The van der Waals surface area contributed by atoms with Gasteiger partial charge in [0, 0.05) is 24.0 Å².